The van der Waals surface area contributed by atoms with E-state index in [1.807, 2.05) is 31.2 Å². The normalized spacial score (nSPS) is 10.5. The summed E-state index contributed by atoms with van der Waals surface area (Å²) in [5, 5.41) is 5.69. The number of nitrogens with zero attached hydrogens (tertiary/aromatic N) is 1. The molecule has 0 bridgehead atoms. The Morgan fingerprint density at radius 2 is 2.09 bits per heavy atom. The van der Waals surface area contributed by atoms with Crippen LogP contribution in [0.4, 0.5) is 0 Å². The Kier molecular flexibility index (Phi) is 11.2. The van der Waals surface area contributed by atoms with Crippen LogP contribution in [0.1, 0.15) is 25.8 Å². The molecule has 1 aromatic carbocycles. The first-order chi connectivity index (χ1) is 10.2. The van der Waals surface area contributed by atoms with Crippen LogP contribution in [-0.4, -0.2) is 31.6 Å². The SMILES string of the molecule is CCCNC(N)=NCc1cccc(OCC(=O)NCC)c1.I. The number of likely N-dealkylation sites (N-methyl/N-ethyl adjacent to an activating group) is 1. The molecule has 0 aliphatic rings. The Balaban J connectivity index is 0.00000441. The van der Waals surface area contributed by atoms with Gasteiger partial charge in [0.1, 0.15) is 5.75 Å². The minimum absolute atomic E-state index is 0. The fourth-order valence-electron chi connectivity index (χ4n) is 1.62. The van der Waals surface area contributed by atoms with Gasteiger partial charge in [0, 0.05) is 13.1 Å². The molecule has 124 valence electrons. The van der Waals surface area contributed by atoms with Gasteiger partial charge in [-0.1, -0.05) is 19.1 Å². The highest BCUT2D eigenvalue weighted by Crippen LogP contribution is 2.13. The number of carbonyl (C=O) groups is 1. The van der Waals surface area contributed by atoms with Crippen molar-refractivity contribution >= 4 is 35.8 Å². The third-order valence-electron chi connectivity index (χ3n) is 2.63. The van der Waals surface area contributed by atoms with Crippen molar-refractivity contribution in [1.82, 2.24) is 10.6 Å². The Labute approximate surface area is 148 Å². The van der Waals surface area contributed by atoms with E-state index in [0.717, 1.165) is 18.5 Å². The predicted molar refractivity (Wildman–Crippen MR) is 99.7 cm³/mol. The van der Waals surface area contributed by atoms with Crippen LogP contribution < -0.4 is 21.1 Å². The number of aliphatic imine (C=N–C) groups is 1. The summed E-state index contributed by atoms with van der Waals surface area (Å²) in [6, 6.07) is 7.48. The summed E-state index contributed by atoms with van der Waals surface area (Å²) in [5.74, 6) is 0.952. The maximum atomic E-state index is 11.3. The Hall–Kier alpha value is -1.51. The molecule has 0 aromatic heterocycles. The van der Waals surface area contributed by atoms with Crippen LogP contribution in [0.3, 0.4) is 0 Å². The molecule has 7 heteroatoms. The van der Waals surface area contributed by atoms with Crippen molar-refractivity contribution in [2.45, 2.75) is 26.8 Å². The van der Waals surface area contributed by atoms with Crippen LogP contribution in [0.2, 0.25) is 0 Å². The van der Waals surface area contributed by atoms with E-state index in [9.17, 15) is 4.79 Å². The molecule has 1 aromatic rings. The summed E-state index contributed by atoms with van der Waals surface area (Å²) >= 11 is 0. The molecule has 0 saturated heterocycles. The van der Waals surface area contributed by atoms with Gasteiger partial charge in [-0.05, 0) is 31.0 Å². The van der Waals surface area contributed by atoms with Crippen molar-refractivity contribution in [3.63, 3.8) is 0 Å². The Bertz CT molecular complexity index is 480. The molecule has 0 aliphatic carbocycles. The molecule has 4 N–H and O–H groups in total. The number of hydrogen-bond acceptors (Lipinski definition) is 3. The van der Waals surface area contributed by atoms with E-state index in [1.54, 1.807) is 0 Å². The van der Waals surface area contributed by atoms with Gasteiger partial charge in [-0.3, -0.25) is 4.79 Å². The van der Waals surface area contributed by atoms with Crippen molar-refractivity contribution in [1.29, 1.82) is 0 Å². The standard InChI is InChI=1S/C15H24N4O2.HI/c1-3-8-18-15(16)19-10-12-6-5-7-13(9-12)21-11-14(20)17-4-2;/h5-7,9H,3-4,8,10-11H2,1-2H3,(H,17,20)(H3,16,18,19);1H. The minimum Gasteiger partial charge on any atom is -0.484 e. The number of amides is 1. The fraction of sp³-hybridized carbons (Fsp3) is 0.467. The molecule has 0 radical (unpaired) electrons. The van der Waals surface area contributed by atoms with Crippen molar-refractivity contribution in [2.75, 3.05) is 19.7 Å². The van der Waals surface area contributed by atoms with E-state index < -0.39 is 0 Å². The number of benzene rings is 1. The molecule has 22 heavy (non-hydrogen) atoms. The molecular weight excluding hydrogens is 395 g/mol. The highest BCUT2D eigenvalue weighted by Gasteiger charge is 2.02. The van der Waals surface area contributed by atoms with Crippen LogP contribution >= 0.6 is 24.0 Å². The Morgan fingerprint density at radius 1 is 1.32 bits per heavy atom. The van der Waals surface area contributed by atoms with Crippen LogP contribution in [0.15, 0.2) is 29.3 Å². The number of hydrogen-bond donors (Lipinski definition) is 3. The second kappa shape index (κ2) is 12.1. The molecule has 0 fully saturated rings. The number of nitrogens with one attached hydrogen (secondary N) is 2. The molecule has 6 nitrogen and oxygen atoms in total. The van der Waals surface area contributed by atoms with E-state index in [-0.39, 0.29) is 36.5 Å². The van der Waals surface area contributed by atoms with Gasteiger partial charge in [0.05, 0.1) is 6.54 Å². The summed E-state index contributed by atoms with van der Waals surface area (Å²) in [6.45, 7) is 5.83. The topological polar surface area (TPSA) is 88.7 Å². The maximum absolute atomic E-state index is 11.3. The van der Waals surface area contributed by atoms with Gasteiger partial charge >= 0.3 is 0 Å². The number of nitrogens with two attached hydrogens (primary N) is 1. The number of carbonyl (C=O) groups excluding carboxylic acids is 1. The van der Waals surface area contributed by atoms with E-state index in [1.165, 1.54) is 0 Å². The van der Waals surface area contributed by atoms with Crippen molar-refractivity contribution in [3.8, 4) is 5.75 Å². The van der Waals surface area contributed by atoms with Gasteiger partial charge < -0.3 is 21.1 Å². The van der Waals surface area contributed by atoms with Crippen LogP contribution in [-0.2, 0) is 11.3 Å². The van der Waals surface area contributed by atoms with Crippen LogP contribution in [0, 0.1) is 0 Å². The summed E-state index contributed by atoms with van der Waals surface area (Å²) in [6.07, 6.45) is 0.999. The first-order valence-electron chi connectivity index (χ1n) is 7.18. The van der Waals surface area contributed by atoms with E-state index in [0.29, 0.717) is 24.8 Å². The molecule has 1 rings (SSSR count). The van der Waals surface area contributed by atoms with Crippen molar-refractivity contribution in [3.05, 3.63) is 29.8 Å². The average Bonchev–Trinajstić information content (AvgIpc) is 2.49. The van der Waals surface area contributed by atoms with E-state index in [2.05, 4.69) is 22.5 Å². The van der Waals surface area contributed by atoms with E-state index >= 15 is 0 Å². The van der Waals surface area contributed by atoms with Gasteiger partial charge in [-0.2, -0.15) is 0 Å². The van der Waals surface area contributed by atoms with Crippen molar-refractivity contribution in [2.24, 2.45) is 10.7 Å². The molecule has 1 amide bonds. The largest absolute Gasteiger partial charge is 0.484 e. The minimum atomic E-state index is -0.131. The summed E-state index contributed by atoms with van der Waals surface area (Å²) in [4.78, 5) is 15.6. The third-order valence-corrected chi connectivity index (χ3v) is 2.63. The zero-order valence-corrected chi connectivity index (χ0v) is 15.4. The molecule has 0 heterocycles. The van der Waals surface area contributed by atoms with Gasteiger partial charge in [-0.25, -0.2) is 4.99 Å². The molecule has 0 aliphatic heterocycles. The van der Waals surface area contributed by atoms with Crippen molar-refractivity contribution < 1.29 is 9.53 Å². The zero-order valence-electron chi connectivity index (χ0n) is 13.1. The number of ether oxygens (including phenoxy) is 1. The fourth-order valence-corrected chi connectivity index (χ4v) is 1.62. The lowest BCUT2D eigenvalue weighted by molar-refractivity contribution is -0.122. The maximum Gasteiger partial charge on any atom is 0.257 e. The number of guanidine groups is 1. The predicted octanol–water partition coefficient (Wildman–Crippen LogP) is 1.63. The zero-order chi connectivity index (χ0) is 15.5. The molecule has 0 saturated carbocycles. The first-order valence-corrected chi connectivity index (χ1v) is 7.18. The first kappa shape index (κ1) is 20.5. The average molecular weight is 420 g/mol. The monoisotopic (exact) mass is 420 g/mol. The number of rotatable bonds is 8. The summed E-state index contributed by atoms with van der Waals surface area (Å²) in [7, 11) is 0. The van der Waals surface area contributed by atoms with Gasteiger partial charge in [0.15, 0.2) is 12.6 Å². The second-order valence-electron chi connectivity index (χ2n) is 4.52. The lowest BCUT2D eigenvalue weighted by atomic mass is 10.2. The molecule has 0 spiro atoms. The van der Waals surface area contributed by atoms with Gasteiger partial charge in [0.25, 0.3) is 5.91 Å². The molecular formula is C15H25IN4O2. The quantitative estimate of drug-likeness (QED) is 0.339. The summed E-state index contributed by atoms with van der Waals surface area (Å²) in [5.41, 5.74) is 6.71. The van der Waals surface area contributed by atoms with Crippen LogP contribution in [0.25, 0.3) is 0 Å². The summed E-state index contributed by atoms with van der Waals surface area (Å²) < 4.78 is 5.43. The molecule has 0 unspecified atom stereocenters. The van der Waals surface area contributed by atoms with Gasteiger partial charge in [0.2, 0.25) is 0 Å². The highest BCUT2D eigenvalue weighted by molar-refractivity contribution is 14.0. The number of halogens is 1. The Morgan fingerprint density at radius 3 is 2.77 bits per heavy atom. The lowest BCUT2D eigenvalue weighted by Gasteiger charge is -2.07. The third kappa shape index (κ3) is 8.71. The molecule has 0 atom stereocenters. The second-order valence-corrected chi connectivity index (χ2v) is 4.52. The van der Waals surface area contributed by atoms with Gasteiger partial charge in [-0.15, -0.1) is 24.0 Å². The lowest BCUT2D eigenvalue weighted by Crippen LogP contribution is -2.32. The van der Waals surface area contributed by atoms with Crippen LogP contribution in [0.5, 0.6) is 5.75 Å². The smallest absolute Gasteiger partial charge is 0.257 e. The highest BCUT2D eigenvalue weighted by atomic mass is 127. The van der Waals surface area contributed by atoms with E-state index in [4.69, 9.17) is 10.5 Å².